The van der Waals surface area contributed by atoms with Crippen LogP contribution in [0.2, 0.25) is 0 Å². The first-order valence-corrected chi connectivity index (χ1v) is 5.30. The molecule has 80 valence electrons. The van der Waals surface area contributed by atoms with Crippen molar-refractivity contribution < 1.29 is 9.84 Å². The van der Waals surface area contributed by atoms with Crippen molar-refractivity contribution >= 4 is 15.9 Å². The molecule has 0 aliphatic carbocycles. The number of aliphatic hydroxyl groups excluding tert-OH is 1. The molecule has 0 fully saturated rings. The maximum Gasteiger partial charge on any atom is 0.0994 e. The van der Waals surface area contributed by atoms with Crippen molar-refractivity contribution in [3.8, 4) is 6.07 Å². The third kappa shape index (κ3) is 3.31. The van der Waals surface area contributed by atoms with E-state index in [2.05, 4.69) is 22.0 Å². The molecule has 0 aliphatic rings. The third-order valence-corrected chi connectivity index (χ3v) is 2.56. The van der Waals surface area contributed by atoms with Crippen LogP contribution in [-0.2, 0) is 4.74 Å². The van der Waals surface area contributed by atoms with Crippen molar-refractivity contribution in [2.45, 2.75) is 12.0 Å². The molecule has 1 N–H and O–H groups in total. The van der Waals surface area contributed by atoms with Crippen molar-refractivity contribution in [2.75, 3.05) is 13.7 Å². The predicted molar refractivity (Wildman–Crippen MR) is 60.4 cm³/mol. The quantitative estimate of drug-likeness (QED) is 0.911. The normalized spacial score (nSPS) is 14.3. The third-order valence-electron chi connectivity index (χ3n) is 2.07. The molecule has 4 heteroatoms. The molecule has 2 unspecified atom stereocenters. The number of nitriles is 1. The Balaban J connectivity index is 2.88. The summed E-state index contributed by atoms with van der Waals surface area (Å²) in [5.41, 5.74) is 0.788. The Morgan fingerprint density at radius 3 is 2.87 bits per heavy atom. The summed E-state index contributed by atoms with van der Waals surface area (Å²) in [7, 11) is 1.50. The fraction of sp³-hybridized carbons (Fsp3) is 0.364. The monoisotopic (exact) mass is 269 g/mol. The summed E-state index contributed by atoms with van der Waals surface area (Å²) in [6.45, 7) is 0.157. The summed E-state index contributed by atoms with van der Waals surface area (Å²) in [4.78, 5) is 0. The molecule has 3 nitrogen and oxygen atoms in total. The van der Waals surface area contributed by atoms with Crippen LogP contribution in [-0.4, -0.2) is 24.9 Å². The van der Waals surface area contributed by atoms with E-state index in [1.54, 1.807) is 0 Å². The van der Waals surface area contributed by atoms with Crippen LogP contribution in [0.3, 0.4) is 0 Å². The maximum atomic E-state index is 9.69. The van der Waals surface area contributed by atoms with E-state index in [1.807, 2.05) is 24.3 Å². The number of halogens is 1. The van der Waals surface area contributed by atoms with Crippen molar-refractivity contribution in [1.82, 2.24) is 0 Å². The van der Waals surface area contributed by atoms with E-state index in [1.165, 1.54) is 7.11 Å². The minimum absolute atomic E-state index is 0.157. The lowest BCUT2D eigenvalue weighted by molar-refractivity contribution is 0.0571. The molecule has 0 bridgehead atoms. The fourth-order valence-corrected chi connectivity index (χ4v) is 1.77. The van der Waals surface area contributed by atoms with Crippen LogP contribution >= 0.6 is 15.9 Å². The smallest absolute Gasteiger partial charge is 0.0994 e. The first-order valence-electron chi connectivity index (χ1n) is 4.51. The van der Waals surface area contributed by atoms with Gasteiger partial charge < -0.3 is 9.84 Å². The van der Waals surface area contributed by atoms with Crippen LogP contribution in [0.1, 0.15) is 11.5 Å². The summed E-state index contributed by atoms with van der Waals surface area (Å²) in [6, 6.07) is 9.43. The first kappa shape index (κ1) is 12.2. The lowest BCUT2D eigenvalue weighted by Crippen LogP contribution is -2.22. The average Bonchev–Trinajstić information content (AvgIpc) is 2.19. The molecule has 2 atom stereocenters. The van der Waals surface area contributed by atoms with E-state index in [0.717, 1.165) is 10.0 Å². The number of aliphatic hydroxyl groups is 1. The first-order chi connectivity index (χ1) is 7.19. The van der Waals surface area contributed by atoms with Gasteiger partial charge in [-0.25, -0.2) is 0 Å². The summed E-state index contributed by atoms with van der Waals surface area (Å²) >= 11 is 3.33. The van der Waals surface area contributed by atoms with Crippen LogP contribution in [0.25, 0.3) is 0 Å². The summed E-state index contributed by atoms with van der Waals surface area (Å²) in [5, 5.41) is 18.7. The van der Waals surface area contributed by atoms with Crippen LogP contribution in [0, 0.1) is 11.3 Å². The van der Waals surface area contributed by atoms with Gasteiger partial charge in [-0.2, -0.15) is 5.26 Å². The van der Waals surface area contributed by atoms with Gasteiger partial charge >= 0.3 is 0 Å². The molecule has 1 aromatic carbocycles. The second kappa shape index (κ2) is 5.86. The zero-order chi connectivity index (χ0) is 11.3. The molecular weight excluding hydrogens is 258 g/mol. The van der Waals surface area contributed by atoms with Gasteiger partial charge in [-0.15, -0.1) is 0 Å². The van der Waals surface area contributed by atoms with Crippen LogP contribution in [0.5, 0.6) is 0 Å². The van der Waals surface area contributed by atoms with Crippen molar-refractivity contribution in [3.05, 3.63) is 34.3 Å². The second-order valence-electron chi connectivity index (χ2n) is 3.18. The van der Waals surface area contributed by atoms with Gasteiger partial charge in [0, 0.05) is 11.6 Å². The molecule has 0 saturated heterocycles. The molecule has 0 heterocycles. The summed E-state index contributed by atoms with van der Waals surface area (Å²) in [6.07, 6.45) is -0.797. The van der Waals surface area contributed by atoms with Crippen molar-refractivity contribution in [3.63, 3.8) is 0 Å². The van der Waals surface area contributed by atoms with Gasteiger partial charge in [0.1, 0.15) is 0 Å². The van der Waals surface area contributed by atoms with Gasteiger partial charge in [0.25, 0.3) is 0 Å². The van der Waals surface area contributed by atoms with Gasteiger partial charge in [0.15, 0.2) is 0 Å². The Bertz CT molecular complexity index is 362. The highest BCUT2D eigenvalue weighted by atomic mass is 79.9. The minimum Gasteiger partial charge on any atom is -0.389 e. The van der Waals surface area contributed by atoms with Crippen LogP contribution < -0.4 is 0 Å². The van der Waals surface area contributed by atoms with Crippen molar-refractivity contribution in [2.24, 2.45) is 0 Å². The molecule has 0 spiro atoms. The largest absolute Gasteiger partial charge is 0.389 e. The van der Waals surface area contributed by atoms with Gasteiger partial charge in [-0.05, 0) is 17.7 Å². The van der Waals surface area contributed by atoms with Crippen molar-refractivity contribution in [1.29, 1.82) is 5.26 Å². The summed E-state index contributed by atoms with van der Waals surface area (Å²) in [5.74, 6) is -0.553. The summed E-state index contributed by atoms with van der Waals surface area (Å²) < 4.78 is 5.72. The molecular formula is C11H12BrNO2. The molecule has 15 heavy (non-hydrogen) atoms. The number of nitrogens with zero attached hydrogens (tertiary/aromatic N) is 1. The van der Waals surface area contributed by atoms with E-state index in [-0.39, 0.29) is 6.61 Å². The van der Waals surface area contributed by atoms with Gasteiger partial charge in [-0.1, -0.05) is 28.1 Å². The SMILES string of the molecule is COCC(O)C(C#N)c1cccc(Br)c1. The van der Waals surface area contributed by atoms with Gasteiger partial charge in [0.05, 0.1) is 24.7 Å². The van der Waals surface area contributed by atoms with Crippen LogP contribution in [0.15, 0.2) is 28.7 Å². The van der Waals surface area contributed by atoms with E-state index in [0.29, 0.717) is 0 Å². The van der Waals surface area contributed by atoms with Gasteiger partial charge in [-0.3, -0.25) is 0 Å². The Kier molecular flexibility index (Phi) is 4.76. The molecule has 1 aromatic rings. The zero-order valence-corrected chi connectivity index (χ0v) is 9.94. The molecule has 0 radical (unpaired) electrons. The standard InChI is InChI=1S/C11H12BrNO2/c1-15-7-11(14)10(6-13)8-3-2-4-9(12)5-8/h2-5,10-11,14H,7H2,1H3. The Labute approximate surface area is 97.4 Å². The molecule has 0 amide bonds. The zero-order valence-electron chi connectivity index (χ0n) is 8.35. The average molecular weight is 270 g/mol. The lowest BCUT2D eigenvalue weighted by Gasteiger charge is -2.16. The highest BCUT2D eigenvalue weighted by Crippen LogP contribution is 2.22. The fourth-order valence-electron chi connectivity index (χ4n) is 1.35. The van der Waals surface area contributed by atoms with E-state index < -0.39 is 12.0 Å². The second-order valence-corrected chi connectivity index (χ2v) is 4.10. The van der Waals surface area contributed by atoms with E-state index in [4.69, 9.17) is 10.00 Å². The Morgan fingerprint density at radius 2 is 2.33 bits per heavy atom. The minimum atomic E-state index is -0.797. The highest BCUT2D eigenvalue weighted by molar-refractivity contribution is 9.10. The maximum absolute atomic E-state index is 9.69. The molecule has 0 aliphatic heterocycles. The van der Waals surface area contributed by atoms with E-state index >= 15 is 0 Å². The number of hydrogen-bond acceptors (Lipinski definition) is 3. The number of ether oxygens (including phenoxy) is 1. The van der Waals surface area contributed by atoms with E-state index in [9.17, 15) is 5.11 Å². The Hall–Kier alpha value is -0.890. The number of rotatable bonds is 4. The number of benzene rings is 1. The van der Waals surface area contributed by atoms with Crippen LogP contribution in [0.4, 0.5) is 0 Å². The Morgan fingerprint density at radius 1 is 1.60 bits per heavy atom. The molecule has 1 rings (SSSR count). The highest BCUT2D eigenvalue weighted by Gasteiger charge is 2.20. The van der Waals surface area contributed by atoms with Gasteiger partial charge in [0.2, 0.25) is 0 Å². The number of methoxy groups -OCH3 is 1. The number of hydrogen-bond donors (Lipinski definition) is 1. The molecule has 0 aromatic heterocycles. The predicted octanol–water partition coefficient (Wildman–Crippen LogP) is 2.06. The molecule has 0 saturated carbocycles. The topological polar surface area (TPSA) is 53.2 Å². The lowest BCUT2D eigenvalue weighted by atomic mass is 9.95.